The van der Waals surface area contributed by atoms with Crippen LogP contribution in [0.25, 0.3) is 0 Å². The summed E-state index contributed by atoms with van der Waals surface area (Å²) in [5.41, 5.74) is -0.0530. The number of benzene rings is 1. The summed E-state index contributed by atoms with van der Waals surface area (Å²) in [7, 11) is 0. The van der Waals surface area contributed by atoms with Crippen LogP contribution < -0.4 is 10.1 Å². The van der Waals surface area contributed by atoms with Crippen LogP contribution in [0.15, 0.2) is 18.2 Å². The Morgan fingerprint density at radius 3 is 2.62 bits per heavy atom. The van der Waals surface area contributed by atoms with Crippen molar-refractivity contribution in [3.05, 3.63) is 23.8 Å². The molecule has 132 valence electrons. The molecule has 24 heavy (non-hydrogen) atoms. The Morgan fingerprint density at radius 1 is 1.38 bits per heavy atom. The zero-order valence-electron chi connectivity index (χ0n) is 15.3. The van der Waals surface area contributed by atoms with Crippen molar-refractivity contribution >= 4 is 11.6 Å². The molecule has 0 fully saturated rings. The Hall–Kier alpha value is -2.06. The van der Waals surface area contributed by atoms with Crippen molar-refractivity contribution < 1.29 is 14.3 Å². The second-order valence-electron chi connectivity index (χ2n) is 6.02. The van der Waals surface area contributed by atoms with Crippen LogP contribution >= 0.6 is 0 Å². The molecule has 0 unspecified atom stereocenters. The Bertz CT molecular complexity index is 587. The van der Waals surface area contributed by atoms with Crippen LogP contribution in [0, 0.1) is 11.3 Å². The maximum Gasteiger partial charge on any atom is 0.256 e. The molecule has 1 aromatic rings. The van der Waals surface area contributed by atoms with Gasteiger partial charge in [-0.05, 0) is 45.7 Å². The molecule has 1 amide bonds. The molecule has 0 aromatic heterocycles. The fourth-order valence-corrected chi connectivity index (χ4v) is 2.42. The topological polar surface area (TPSA) is 71.3 Å². The number of carbonyl (C=O) groups excluding carboxylic acids is 1. The van der Waals surface area contributed by atoms with Gasteiger partial charge in [0.05, 0.1) is 17.4 Å². The minimum Gasteiger partial charge on any atom is -0.491 e. The highest BCUT2D eigenvalue weighted by molar-refractivity contribution is 5.98. The van der Waals surface area contributed by atoms with Crippen LogP contribution in [0.2, 0.25) is 0 Å². The maximum absolute atomic E-state index is 12.6. The molecule has 5 nitrogen and oxygen atoms in total. The fraction of sp³-hybridized carbons (Fsp3) is 0.579. The van der Waals surface area contributed by atoms with E-state index >= 15 is 0 Å². The van der Waals surface area contributed by atoms with Crippen molar-refractivity contribution in [3.8, 4) is 11.8 Å². The number of rotatable bonds is 9. The van der Waals surface area contributed by atoms with E-state index in [1.54, 1.807) is 25.1 Å². The highest BCUT2D eigenvalue weighted by atomic mass is 16.5. The van der Waals surface area contributed by atoms with Crippen LogP contribution in [0.4, 0.5) is 5.69 Å². The number of hydrogen-bond acceptors (Lipinski definition) is 4. The van der Waals surface area contributed by atoms with E-state index < -0.39 is 5.60 Å². The molecule has 0 heterocycles. The minimum atomic E-state index is -0.901. The predicted molar refractivity (Wildman–Crippen MR) is 95.1 cm³/mol. The normalized spacial score (nSPS) is 14.3. The number of carbonyl (C=O) groups is 1. The molecular formula is C19H28N2O3. The molecule has 0 saturated heterocycles. The third-order valence-electron chi connectivity index (χ3n) is 3.94. The Kier molecular flexibility index (Phi) is 7.73. The molecule has 2 atom stereocenters. The summed E-state index contributed by atoms with van der Waals surface area (Å²) >= 11 is 0. The summed E-state index contributed by atoms with van der Waals surface area (Å²) in [5.74, 6) is 0.387. The number of nitriles is 1. The van der Waals surface area contributed by atoms with Gasteiger partial charge in [-0.15, -0.1) is 0 Å². The van der Waals surface area contributed by atoms with Crippen molar-refractivity contribution in [1.29, 1.82) is 5.26 Å². The second-order valence-corrected chi connectivity index (χ2v) is 6.02. The SMILES string of the molecule is CCC[C@](C)(OCC)C(=O)Nc1ccc(O[C@@H](C)CC)cc1C#N. The maximum atomic E-state index is 12.6. The van der Waals surface area contributed by atoms with Crippen LogP contribution in [-0.4, -0.2) is 24.2 Å². The lowest BCUT2D eigenvalue weighted by Gasteiger charge is -2.28. The van der Waals surface area contributed by atoms with E-state index in [2.05, 4.69) is 11.4 Å². The van der Waals surface area contributed by atoms with Crippen molar-refractivity contribution in [2.24, 2.45) is 0 Å². The van der Waals surface area contributed by atoms with Crippen molar-refractivity contribution in [2.75, 3.05) is 11.9 Å². The van der Waals surface area contributed by atoms with E-state index in [-0.39, 0.29) is 12.0 Å². The average molecular weight is 332 g/mol. The van der Waals surface area contributed by atoms with E-state index in [0.717, 1.165) is 12.8 Å². The lowest BCUT2D eigenvalue weighted by Crippen LogP contribution is -2.42. The average Bonchev–Trinajstić information content (AvgIpc) is 2.56. The van der Waals surface area contributed by atoms with Gasteiger partial charge in [-0.25, -0.2) is 0 Å². The number of amides is 1. The number of anilines is 1. The van der Waals surface area contributed by atoms with Crippen molar-refractivity contribution in [1.82, 2.24) is 0 Å². The molecule has 1 aromatic carbocycles. The van der Waals surface area contributed by atoms with Crippen LogP contribution in [0.1, 0.15) is 59.4 Å². The molecule has 0 saturated carbocycles. The van der Waals surface area contributed by atoms with E-state index in [0.29, 0.717) is 30.0 Å². The molecule has 0 aliphatic heterocycles. The molecule has 0 aliphatic rings. The van der Waals surface area contributed by atoms with Crippen LogP contribution in [0.5, 0.6) is 5.75 Å². The van der Waals surface area contributed by atoms with E-state index in [4.69, 9.17) is 9.47 Å². The van der Waals surface area contributed by atoms with Crippen LogP contribution in [0.3, 0.4) is 0 Å². The summed E-state index contributed by atoms with van der Waals surface area (Å²) in [6.45, 7) is 10.1. The van der Waals surface area contributed by atoms with E-state index in [9.17, 15) is 10.1 Å². The number of nitrogens with zero attached hydrogens (tertiary/aromatic N) is 1. The van der Waals surface area contributed by atoms with Crippen molar-refractivity contribution in [2.45, 2.75) is 65.6 Å². The molecule has 1 N–H and O–H groups in total. The Balaban J connectivity index is 2.97. The first-order valence-corrected chi connectivity index (χ1v) is 8.56. The van der Waals surface area contributed by atoms with Crippen molar-refractivity contribution in [3.63, 3.8) is 0 Å². The minimum absolute atomic E-state index is 0.0720. The third-order valence-corrected chi connectivity index (χ3v) is 3.94. The smallest absolute Gasteiger partial charge is 0.256 e. The van der Waals surface area contributed by atoms with Gasteiger partial charge in [-0.2, -0.15) is 5.26 Å². The van der Waals surface area contributed by atoms with Gasteiger partial charge >= 0.3 is 0 Å². The summed E-state index contributed by atoms with van der Waals surface area (Å²) < 4.78 is 11.4. The highest BCUT2D eigenvalue weighted by Gasteiger charge is 2.33. The summed E-state index contributed by atoms with van der Waals surface area (Å²) in [4.78, 5) is 12.6. The predicted octanol–water partition coefficient (Wildman–Crippen LogP) is 4.27. The van der Waals surface area contributed by atoms with Gasteiger partial charge < -0.3 is 14.8 Å². The van der Waals surface area contributed by atoms with Gasteiger partial charge in [0.1, 0.15) is 17.4 Å². The lowest BCUT2D eigenvalue weighted by atomic mass is 9.98. The first kappa shape index (κ1) is 20.0. The summed E-state index contributed by atoms with van der Waals surface area (Å²) in [5, 5.41) is 12.2. The fourth-order valence-electron chi connectivity index (χ4n) is 2.42. The quantitative estimate of drug-likeness (QED) is 0.733. The van der Waals surface area contributed by atoms with Crippen LogP contribution in [-0.2, 0) is 9.53 Å². The first-order valence-electron chi connectivity index (χ1n) is 8.56. The monoisotopic (exact) mass is 332 g/mol. The molecule has 0 radical (unpaired) electrons. The highest BCUT2D eigenvalue weighted by Crippen LogP contribution is 2.26. The Labute approximate surface area is 145 Å². The van der Waals surface area contributed by atoms with E-state index in [1.807, 2.05) is 27.7 Å². The van der Waals surface area contributed by atoms with Gasteiger partial charge in [0.25, 0.3) is 5.91 Å². The van der Waals surface area contributed by atoms with Gasteiger partial charge in [0, 0.05) is 12.7 Å². The van der Waals surface area contributed by atoms with E-state index in [1.165, 1.54) is 0 Å². The molecule has 5 heteroatoms. The second kappa shape index (κ2) is 9.29. The van der Waals surface area contributed by atoms with Gasteiger partial charge in [0.15, 0.2) is 0 Å². The first-order chi connectivity index (χ1) is 11.4. The molecule has 0 aliphatic carbocycles. The zero-order chi connectivity index (χ0) is 18.2. The van der Waals surface area contributed by atoms with Gasteiger partial charge in [-0.1, -0.05) is 20.3 Å². The molecule has 1 rings (SSSR count). The third kappa shape index (κ3) is 5.24. The Morgan fingerprint density at radius 2 is 2.08 bits per heavy atom. The zero-order valence-corrected chi connectivity index (χ0v) is 15.3. The van der Waals surface area contributed by atoms with Gasteiger partial charge in [-0.3, -0.25) is 4.79 Å². The molecule has 0 bridgehead atoms. The number of hydrogen-bond donors (Lipinski definition) is 1. The standard InChI is InChI=1S/C19H28N2O3/c1-6-11-19(5,23-8-3)18(22)21-17-10-9-16(12-15(17)13-20)24-14(4)7-2/h9-10,12,14H,6-8,11H2,1-5H3,(H,21,22)/t14-,19-/m0/s1. The number of nitrogens with one attached hydrogen (secondary N) is 1. The molecular weight excluding hydrogens is 304 g/mol. The molecule has 0 spiro atoms. The lowest BCUT2D eigenvalue weighted by molar-refractivity contribution is -0.139. The summed E-state index contributed by atoms with van der Waals surface area (Å²) in [6.07, 6.45) is 2.40. The number of ether oxygens (including phenoxy) is 2. The van der Waals surface area contributed by atoms with Gasteiger partial charge in [0.2, 0.25) is 0 Å². The summed E-state index contributed by atoms with van der Waals surface area (Å²) in [6, 6.07) is 7.23. The largest absolute Gasteiger partial charge is 0.491 e.